The monoisotopic (exact) mass is 339 g/mol. The number of halogens is 3. The summed E-state index contributed by atoms with van der Waals surface area (Å²) < 4.78 is 43.2. The number of hydrogen-bond donors (Lipinski definition) is 2. The predicted molar refractivity (Wildman–Crippen MR) is 81.0 cm³/mol. The van der Waals surface area contributed by atoms with Crippen LogP contribution in [-0.4, -0.2) is 17.8 Å². The summed E-state index contributed by atoms with van der Waals surface area (Å²) in [5, 5.41) is 11.7. The smallest absolute Gasteiger partial charge is 0.416 e. The molecule has 0 heterocycles. The molecule has 1 unspecified atom stereocenters. The van der Waals surface area contributed by atoms with Gasteiger partial charge in [-0.1, -0.05) is 42.5 Å². The van der Waals surface area contributed by atoms with Crippen LogP contribution >= 0.6 is 0 Å². The minimum atomic E-state index is -4.50. The Labute approximate surface area is 136 Å². The number of hydrogen-bond acceptors (Lipinski definition) is 3. The maximum atomic E-state index is 12.7. The van der Waals surface area contributed by atoms with E-state index in [-0.39, 0.29) is 12.2 Å². The second-order valence-electron chi connectivity index (χ2n) is 5.06. The first kappa shape index (κ1) is 17.8. The third-order valence-electron chi connectivity index (χ3n) is 3.30. The maximum Gasteiger partial charge on any atom is 0.416 e. The van der Waals surface area contributed by atoms with Crippen LogP contribution in [-0.2, 0) is 17.5 Å². The van der Waals surface area contributed by atoms with E-state index in [1.807, 2.05) is 6.07 Å². The van der Waals surface area contributed by atoms with Gasteiger partial charge in [-0.25, -0.2) is 4.79 Å². The topological polar surface area (TPSA) is 58.6 Å². The highest BCUT2D eigenvalue weighted by molar-refractivity contribution is 5.68. The predicted octanol–water partition coefficient (Wildman–Crippen LogP) is 3.67. The molecule has 0 aliphatic heterocycles. The van der Waals surface area contributed by atoms with E-state index in [9.17, 15) is 23.1 Å². The zero-order valence-electron chi connectivity index (χ0n) is 12.6. The number of amides is 1. The maximum absolute atomic E-state index is 12.7. The van der Waals surface area contributed by atoms with Crippen LogP contribution in [0.15, 0.2) is 54.6 Å². The molecule has 0 saturated heterocycles. The number of alkyl halides is 3. The molecule has 2 rings (SSSR count). The van der Waals surface area contributed by atoms with Gasteiger partial charge in [-0.05, 0) is 23.3 Å². The third kappa shape index (κ3) is 4.99. The number of alkyl carbamates (subject to hydrolysis) is 1. The zero-order valence-corrected chi connectivity index (χ0v) is 12.6. The molecule has 2 aromatic carbocycles. The Morgan fingerprint density at radius 3 is 2.46 bits per heavy atom. The van der Waals surface area contributed by atoms with Gasteiger partial charge in [0.1, 0.15) is 6.61 Å². The quantitative estimate of drug-likeness (QED) is 0.874. The van der Waals surface area contributed by atoms with Crippen molar-refractivity contribution in [3.8, 4) is 0 Å². The summed E-state index contributed by atoms with van der Waals surface area (Å²) >= 11 is 0. The van der Waals surface area contributed by atoms with Crippen LogP contribution in [0.1, 0.15) is 22.7 Å². The van der Waals surface area contributed by atoms with E-state index in [0.717, 1.165) is 17.7 Å². The molecule has 2 aromatic rings. The minimum absolute atomic E-state index is 0.0212. The summed E-state index contributed by atoms with van der Waals surface area (Å²) in [6, 6.07) is 12.4. The lowest BCUT2D eigenvalue weighted by atomic mass is 10.0. The van der Waals surface area contributed by atoms with Crippen molar-refractivity contribution < 1.29 is 27.8 Å². The van der Waals surface area contributed by atoms with Gasteiger partial charge in [0.15, 0.2) is 0 Å². The lowest BCUT2D eigenvalue weighted by Gasteiger charge is -2.18. The Morgan fingerprint density at radius 1 is 1.12 bits per heavy atom. The fourth-order valence-electron chi connectivity index (χ4n) is 2.07. The van der Waals surface area contributed by atoms with Crippen molar-refractivity contribution in [2.75, 3.05) is 6.61 Å². The van der Waals surface area contributed by atoms with Gasteiger partial charge in [-0.2, -0.15) is 13.2 Å². The average Bonchev–Trinajstić information content (AvgIpc) is 2.58. The number of ether oxygens (including phenoxy) is 1. The highest BCUT2D eigenvalue weighted by Gasteiger charge is 2.31. The van der Waals surface area contributed by atoms with E-state index in [1.54, 1.807) is 24.3 Å². The van der Waals surface area contributed by atoms with Crippen LogP contribution < -0.4 is 5.32 Å². The van der Waals surface area contributed by atoms with E-state index >= 15 is 0 Å². The first-order valence-corrected chi connectivity index (χ1v) is 7.15. The van der Waals surface area contributed by atoms with E-state index in [4.69, 9.17) is 4.74 Å². The van der Waals surface area contributed by atoms with Crippen LogP contribution in [0.2, 0.25) is 0 Å². The standard InChI is InChI=1S/C17H16F3NO3/c18-17(19,20)14-8-4-7-13(9-14)15(10-22)21-16(23)24-11-12-5-2-1-3-6-12/h1-9,15,22H,10-11H2,(H,21,23). The van der Waals surface area contributed by atoms with Gasteiger partial charge in [-0.15, -0.1) is 0 Å². The van der Waals surface area contributed by atoms with Crippen molar-refractivity contribution in [1.29, 1.82) is 0 Å². The first-order chi connectivity index (χ1) is 11.4. The highest BCUT2D eigenvalue weighted by Crippen LogP contribution is 2.30. The fourth-order valence-corrected chi connectivity index (χ4v) is 2.07. The Hall–Kier alpha value is -2.54. The molecule has 0 radical (unpaired) electrons. The molecule has 0 aliphatic rings. The Bertz CT molecular complexity index is 674. The Balaban J connectivity index is 2.00. The van der Waals surface area contributed by atoms with Crippen LogP contribution in [0.5, 0.6) is 0 Å². The molecule has 24 heavy (non-hydrogen) atoms. The van der Waals surface area contributed by atoms with Crippen molar-refractivity contribution in [2.24, 2.45) is 0 Å². The van der Waals surface area contributed by atoms with Crippen molar-refractivity contribution >= 4 is 6.09 Å². The van der Waals surface area contributed by atoms with Crippen molar-refractivity contribution in [3.63, 3.8) is 0 Å². The van der Waals surface area contributed by atoms with Gasteiger partial charge < -0.3 is 15.2 Å². The summed E-state index contributed by atoms with van der Waals surface area (Å²) in [7, 11) is 0. The lowest BCUT2D eigenvalue weighted by Crippen LogP contribution is -2.31. The largest absolute Gasteiger partial charge is 0.445 e. The van der Waals surface area contributed by atoms with Crippen molar-refractivity contribution in [1.82, 2.24) is 5.32 Å². The summed E-state index contributed by atoms with van der Waals surface area (Å²) in [6.07, 6.45) is -5.32. The van der Waals surface area contributed by atoms with E-state index in [1.165, 1.54) is 12.1 Å². The molecular weight excluding hydrogens is 323 g/mol. The molecule has 1 amide bonds. The highest BCUT2D eigenvalue weighted by atomic mass is 19.4. The molecule has 0 spiro atoms. The van der Waals surface area contributed by atoms with E-state index < -0.39 is 30.5 Å². The molecule has 7 heteroatoms. The van der Waals surface area contributed by atoms with E-state index in [0.29, 0.717) is 0 Å². The summed E-state index contributed by atoms with van der Waals surface area (Å²) in [5.41, 5.74) is 0.0640. The number of benzene rings is 2. The van der Waals surface area contributed by atoms with Gasteiger partial charge in [-0.3, -0.25) is 0 Å². The molecule has 0 aliphatic carbocycles. The van der Waals surface area contributed by atoms with Gasteiger partial charge in [0, 0.05) is 0 Å². The van der Waals surface area contributed by atoms with Gasteiger partial charge in [0.25, 0.3) is 0 Å². The molecule has 4 nitrogen and oxygen atoms in total. The van der Waals surface area contributed by atoms with Crippen LogP contribution in [0.3, 0.4) is 0 Å². The molecule has 2 N–H and O–H groups in total. The summed E-state index contributed by atoms with van der Waals surface area (Å²) in [4.78, 5) is 11.8. The number of aliphatic hydroxyl groups is 1. The second-order valence-corrected chi connectivity index (χ2v) is 5.06. The molecule has 0 aromatic heterocycles. The van der Waals surface area contributed by atoms with Gasteiger partial charge in [0.05, 0.1) is 18.2 Å². The number of rotatable bonds is 5. The number of nitrogens with one attached hydrogen (secondary N) is 1. The van der Waals surface area contributed by atoms with Crippen LogP contribution in [0.4, 0.5) is 18.0 Å². The van der Waals surface area contributed by atoms with Gasteiger partial charge >= 0.3 is 12.3 Å². The third-order valence-corrected chi connectivity index (χ3v) is 3.30. The van der Waals surface area contributed by atoms with E-state index in [2.05, 4.69) is 5.32 Å². The number of carbonyl (C=O) groups is 1. The van der Waals surface area contributed by atoms with Crippen molar-refractivity contribution in [3.05, 3.63) is 71.3 Å². The first-order valence-electron chi connectivity index (χ1n) is 7.15. The minimum Gasteiger partial charge on any atom is -0.445 e. The second kappa shape index (κ2) is 7.83. The average molecular weight is 339 g/mol. The Morgan fingerprint density at radius 2 is 1.83 bits per heavy atom. The lowest BCUT2D eigenvalue weighted by molar-refractivity contribution is -0.137. The Kier molecular flexibility index (Phi) is 5.81. The zero-order chi connectivity index (χ0) is 17.6. The fraction of sp³-hybridized carbons (Fsp3) is 0.235. The molecule has 128 valence electrons. The molecule has 0 fully saturated rings. The SMILES string of the molecule is O=C(NC(CO)c1cccc(C(F)(F)F)c1)OCc1ccccc1. The normalized spacial score (nSPS) is 12.5. The number of aliphatic hydroxyl groups excluding tert-OH is 1. The van der Waals surface area contributed by atoms with Crippen molar-refractivity contribution in [2.45, 2.75) is 18.8 Å². The summed E-state index contributed by atoms with van der Waals surface area (Å²) in [5.74, 6) is 0. The molecule has 0 saturated carbocycles. The van der Waals surface area contributed by atoms with Crippen LogP contribution in [0.25, 0.3) is 0 Å². The molecule has 0 bridgehead atoms. The van der Waals surface area contributed by atoms with Crippen LogP contribution in [0, 0.1) is 0 Å². The van der Waals surface area contributed by atoms with Gasteiger partial charge in [0.2, 0.25) is 0 Å². The molecule has 1 atom stereocenters. The summed E-state index contributed by atoms with van der Waals surface area (Å²) in [6.45, 7) is -0.533. The molecular formula is C17H16F3NO3. The number of carbonyl (C=O) groups excluding carboxylic acids is 1.